The number of carbonyl (C=O) groups is 1. The summed E-state index contributed by atoms with van der Waals surface area (Å²) in [6, 6.07) is 0. The van der Waals surface area contributed by atoms with Gasteiger partial charge in [0.15, 0.2) is 0 Å². The fraction of sp³-hybridized carbons (Fsp3) is 0.933. The molecule has 0 aliphatic heterocycles. The van der Waals surface area contributed by atoms with Crippen LogP contribution in [0.1, 0.15) is 66.7 Å². The van der Waals surface area contributed by atoms with Crippen LogP contribution in [0.25, 0.3) is 0 Å². The standard InChI is InChI=1S/C15H26O2/c1-6-13(2,3)12(16)17-15(5)10-11-7-8-14(15,4)9-11/h11H,6-10H2,1-5H3. The monoisotopic (exact) mass is 238 g/mol. The summed E-state index contributed by atoms with van der Waals surface area (Å²) in [4.78, 5) is 12.3. The zero-order valence-electron chi connectivity index (χ0n) is 11.9. The average molecular weight is 238 g/mol. The van der Waals surface area contributed by atoms with Crippen LogP contribution in [-0.4, -0.2) is 11.6 Å². The minimum Gasteiger partial charge on any atom is -0.458 e. The van der Waals surface area contributed by atoms with Crippen LogP contribution in [0, 0.1) is 16.7 Å². The normalized spacial score (nSPS) is 40.6. The second kappa shape index (κ2) is 3.73. The summed E-state index contributed by atoms with van der Waals surface area (Å²) < 4.78 is 5.95. The molecule has 0 spiro atoms. The number of ether oxygens (including phenoxy) is 1. The highest BCUT2D eigenvalue weighted by atomic mass is 16.6. The molecule has 2 fully saturated rings. The fourth-order valence-corrected chi connectivity index (χ4v) is 3.47. The minimum atomic E-state index is -0.346. The van der Waals surface area contributed by atoms with Crippen LogP contribution in [0.15, 0.2) is 0 Å². The van der Waals surface area contributed by atoms with E-state index in [0.717, 1.165) is 18.8 Å². The van der Waals surface area contributed by atoms with Crippen molar-refractivity contribution in [3.05, 3.63) is 0 Å². The Hall–Kier alpha value is -0.530. The molecule has 0 radical (unpaired) electrons. The van der Waals surface area contributed by atoms with E-state index in [9.17, 15) is 4.79 Å². The molecule has 0 N–H and O–H groups in total. The van der Waals surface area contributed by atoms with Crippen molar-refractivity contribution in [2.45, 2.75) is 72.3 Å². The van der Waals surface area contributed by atoms with Gasteiger partial charge in [0.2, 0.25) is 0 Å². The van der Waals surface area contributed by atoms with Crippen LogP contribution in [0.2, 0.25) is 0 Å². The number of carbonyl (C=O) groups excluding carboxylic acids is 1. The van der Waals surface area contributed by atoms with Crippen LogP contribution in [0.4, 0.5) is 0 Å². The molecule has 17 heavy (non-hydrogen) atoms. The minimum absolute atomic E-state index is 0.0173. The predicted molar refractivity (Wildman–Crippen MR) is 68.6 cm³/mol. The maximum Gasteiger partial charge on any atom is 0.312 e. The van der Waals surface area contributed by atoms with Gasteiger partial charge in [0.05, 0.1) is 5.41 Å². The number of hydrogen-bond acceptors (Lipinski definition) is 2. The molecule has 0 heterocycles. The third-order valence-electron chi connectivity index (χ3n) is 5.55. The molecule has 2 aliphatic carbocycles. The van der Waals surface area contributed by atoms with E-state index < -0.39 is 0 Å². The Morgan fingerprint density at radius 1 is 1.35 bits per heavy atom. The highest BCUT2D eigenvalue weighted by molar-refractivity contribution is 5.76. The summed E-state index contributed by atoms with van der Waals surface area (Å²) in [7, 11) is 0. The average Bonchev–Trinajstić information content (AvgIpc) is 2.70. The van der Waals surface area contributed by atoms with Crippen molar-refractivity contribution in [1.82, 2.24) is 0 Å². The quantitative estimate of drug-likeness (QED) is 0.696. The summed E-state index contributed by atoms with van der Waals surface area (Å²) in [6.45, 7) is 10.5. The van der Waals surface area contributed by atoms with Crippen LogP contribution in [0.5, 0.6) is 0 Å². The topological polar surface area (TPSA) is 26.3 Å². The number of fused-ring (bicyclic) bond motifs is 2. The van der Waals surface area contributed by atoms with Gasteiger partial charge in [0.25, 0.3) is 0 Å². The first-order valence-electron chi connectivity index (χ1n) is 6.96. The molecule has 2 nitrogen and oxygen atoms in total. The molecule has 2 bridgehead atoms. The highest BCUT2D eigenvalue weighted by Gasteiger charge is 2.59. The smallest absolute Gasteiger partial charge is 0.312 e. The number of hydrogen-bond donors (Lipinski definition) is 0. The van der Waals surface area contributed by atoms with Gasteiger partial charge in [-0.2, -0.15) is 0 Å². The van der Waals surface area contributed by atoms with Crippen molar-refractivity contribution < 1.29 is 9.53 Å². The molecule has 0 aromatic carbocycles. The lowest BCUT2D eigenvalue weighted by Gasteiger charge is -2.43. The van der Waals surface area contributed by atoms with E-state index in [0.29, 0.717) is 0 Å². The zero-order valence-corrected chi connectivity index (χ0v) is 11.9. The van der Waals surface area contributed by atoms with Gasteiger partial charge in [0, 0.05) is 5.41 Å². The lowest BCUT2D eigenvalue weighted by molar-refractivity contribution is -0.181. The van der Waals surface area contributed by atoms with E-state index in [2.05, 4.69) is 13.8 Å². The van der Waals surface area contributed by atoms with Crippen LogP contribution in [0.3, 0.4) is 0 Å². The van der Waals surface area contributed by atoms with Gasteiger partial charge in [-0.15, -0.1) is 0 Å². The van der Waals surface area contributed by atoms with E-state index in [-0.39, 0.29) is 22.4 Å². The molecule has 0 amide bonds. The van der Waals surface area contributed by atoms with Gasteiger partial charge in [-0.25, -0.2) is 0 Å². The summed E-state index contributed by atoms with van der Waals surface area (Å²) >= 11 is 0. The summed E-state index contributed by atoms with van der Waals surface area (Å²) in [5, 5.41) is 0. The Bertz CT molecular complexity index is 334. The molecule has 0 aromatic heterocycles. The molecule has 3 unspecified atom stereocenters. The zero-order chi connectivity index (χ0) is 12.9. The van der Waals surface area contributed by atoms with Crippen molar-refractivity contribution in [2.24, 2.45) is 16.7 Å². The molecule has 0 saturated heterocycles. The summed E-state index contributed by atoms with van der Waals surface area (Å²) in [5.41, 5.74) is -0.349. The largest absolute Gasteiger partial charge is 0.458 e. The molecule has 2 rings (SSSR count). The lowest BCUT2D eigenvalue weighted by atomic mass is 9.73. The van der Waals surface area contributed by atoms with Gasteiger partial charge in [-0.1, -0.05) is 13.8 Å². The van der Waals surface area contributed by atoms with Crippen molar-refractivity contribution in [3.8, 4) is 0 Å². The molecule has 98 valence electrons. The predicted octanol–water partition coefficient (Wildman–Crippen LogP) is 3.93. The SMILES string of the molecule is CCC(C)(C)C(=O)OC1(C)CC2CCC1(C)C2. The second-order valence-electron chi connectivity index (χ2n) is 7.23. The van der Waals surface area contributed by atoms with Gasteiger partial charge in [-0.05, 0) is 58.8 Å². The van der Waals surface area contributed by atoms with Crippen molar-refractivity contribution in [1.29, 1.82) is 0 Å². The Kier molecular flexibility index (Phi) is 2.83. The van der Waals surface area contributed by atoms with Gasteiger partial charge < -0.3 is 4.74 Å². The first-order valence-corrected chi connectivity index (χ1v) is 6.96. The third kappa shape index (κ3) is 1.90. The van der Waals surface area contributed by atoms with Crippen LogP contribution >= 0.6 is 0 Å². The summed E-state index contributed by atoms with van der Waals surface area (Å²) in [6.07, 6.45) is 5.68. The molecule has 2 aliphatic rings. The van der Waals surface area contributed by atoms with Gasteiger partial charge >= 0.3 is 5.97 Å². The molecule has 2 heteroatoms. The second-order valence-corrected chi connectivity index (χ2v) is 7.23. The van der Waals surface area contributed by atoms with Crippen LogP contribution in [-0.2, 0) is 9.53 Å². The Labute approximate surface area is 105 Å². The van der Waals surface area contributed by atoms with E-state index in [1.165, 1.54) is 19.3 Å². The molecule has 0 aromatic rings. The van der Waals surface area contributed by atoms with Crippen LogP contribution < -0.4 is 0 Å². The Morgan fingerprint density at radius 3 is 2.41 bits per heavy atom. The summed E-state index contributed by atoms with van der Waals surface area (Å²) in [5.74, 6) is 0.763. The Morgan fingerprint density at radius 2 is 2.00 bits per heavy atom. The van der Waals surface area contributed by atoms with E-state index in [4.69, 9.17) is 4.74 Å². The fourth-order valence-electron chi connectivity index (χ4n) is 3.47. The maximum absolute atomic E-state index is 12.3. The Balaban J connectivity index is 2.12. The van der Waals surface area contributed by atoms with E-state index in [1.807, 2.05) is 20.8 Å². The van der Waals surface area contributed by atoms with Gasteiger partial charge in [0.1, 0.15) is 5.60 Å². The first-order chi connectivity index (χ1) is 7.72. The number of esters is 1. The molecular formula is C15H26O2. The van der Waals surface area contributed by atoms with Gasteiger partial charge in [-0.3, -0.25) is 4.79 Å². The van der Waals surface area contributed by atoms with Crippen molar-refractivity contribution in [3.63, 3.8) is 0 Å². The highest BCUT2D eigenvalue weighted by Crippen LogP contribution is 2.61. The van der Waals surface area contributed by atoms with E-state index >= 15 is 0 Å². The lowest BCUT2D eigenvalue weighted by Crippen LogP contribution is -2.46. The van der Waals surface area contributed by atoms with Crippen molar-refractivity contribution in [2.75, 3.05) is 0 Å². The first kappa shape index (κ1) is 12.9. The van der Waals surface area contributed by atoms with Crippen molar-refractivity contribution >= 4 is 5.97 Å². The molecule has 2 saturated carbocycles. The van der Waals surface area contributed by atoms with E-state index in [1.54, 1.807) is 0 Å². The number of rotatable bonds is 3. The molecular weight excluding hydrogens is 212 g/mol. The maximum atomic E-state index is 12.3. The third-order valence-corrected chi connectivity index (χ3v) is 5.55. The molecule has 3 atom stereocenters.